The lowest BCUT2D eigenvalue weighted by Gasteiger charge is -2.18. The molecule has 0 aliphatic heterocycles. The number of esters is 3. The van der Waals surface area contributed by atoms with Crippen LogP contribution in [0.1, 0.15) is 278 Å². The lowest BCUT2D eigenvalue weighted by Crippen LogP contribution is -2.30. The van der Waals surface area contributed by atoms with E-state index in [1.807, 2.05) is 0 Å². The van der Waals surface area contributed by atoms with Crippen molar-refractivity contribution in [2.24, 2.45) is 5.92 Å². The van der Waals surface area contributed by atoms with Crippen molar-refractivity contribution in [1.82, 2.24) is 0 Å². The van der Waals surface area contributed by atoms with Crippen molar-refractivity contribution in [2.75, 3.05) is 13.2 Å². The molecule has 0 heterocycles. The van der Waals surface area contributed by atoms with Crippen LogP contribution < -0.4 is 0 Å². The third-order valence-electron chi connectivity index (χ3n) is 11.3. The lowest BCUT2D eigenvalue weighted by atomic mass is 10.0. The van der Waals surface area contributed by atoms with E-state index in [2.05, 4.69) is 27.7 Å². The van der Waals surface area contributed by atoms with Crippen LogP contribution in [0.5, 0.6) is 0 Å². The quantitative estimate of drug-likeness (QED) is 0.0347. The zero-order valence-corrected chi connectivity index (χ0v) is 38.1. The van der Waals surface area contributed by atoms with Crippen LogP contribution in [0.4, 0.5) is 0 Å². The molecular formula is C50H96O6. The van der Waals surface area contributed by atoms with E-state index in [0.717, 1.165) is 70.1 Å². The number of rotatable bonds is 45. The molecule has 0 aromatic rings. The average molecular weight is 793 g/mol. The second kappa shape index (κ2) is 44.5. The fourth-order valence-electron chi connectivity index (χ4n) is 7.51. The first kappa shape index (κ1) is 54.4. The van der Waals surface area contributed by atoms with Crippen LogP contribution in [-0.4, -0.2) is 37.2 Å². The third kappa shape index (κ3) is 43.5. The zero-order chi connectivity index (χ0) is 41.0. The number of carbonyl (C=O) groups excluding carboxylic acids is 3. The highest BCUT2D eigenvalue weighted by atomic mass is 16.6. The van der Waals surface area contributed by atoms with Gasteiger partial charge in [0.05, 0.1) is 0 Å². The van der Waals surface area contributed by atoms with Gasteiger partial charge in [-0.15, -0.1) is 0 Å². The van der Waals surface area contributed by atoms with Crippen molar-refractivity contribution >= 4 is 17.9 Å². The maximum absolute atomic E-state index is 12.6. The minimum atomic E-state index is -0.758. The number of hydrogen-bond donors (Lipinski definition) is 0. The summed E-state index contributed by atoms with van der Waals surface area (Å²) in [4.78, 5) is 37.6. The molecule has 0 rings (SSSR count). The maximum atomic E-state index is 12.6. The molecular weight excluding hydrogens is 697 g/mol. The van der Waals surface area contributed by atoms with E-state index < -0.39 is 6.10 Å². The number of hydrogen-bond acceptors (Lipinski definition) is 6. The van der Waals surface area contributed by atoms with E-state index in [1.165, 1.54) is 167 Å². The van der Waals surface area contributed by atoms with Gasteiger partial charge in [-0.2, -0.15) is 0 Å². The lowest BCUT2D eigenvalue weighted by molar-refractivity contribution is -0.167. The normalized spacial score (nSPS) is 11.9. The Hall–Kier alpha value is -1.59. The summed E-state index contributed by atoms with van der Waals surface area (Å²) >= 11 is 0. The van der Waals surface area contributed by atoms with Gasteiger partial charge in [-0.05, 0) is 25.2 Å². The number of ether oxygens (including phenoxy) is 3. The summed E-state index contributed by atoms with van der Waals surface area (Å²) in [5.74, 6) is -0.0227. The van der Waals surface area contributed by atoms with Crippen molar-refractivity contribution in [3.63, 3.8) is 0 Å². The van der Waals surface area contributed by atoms with Crippen LogP contribution in [0.15, 0.2) is 0 Å². The van der Waals surface area contributed by atoms with E-state index in [4.69, 9.17) is 14.2 Å². The second-order valence-electron chi connectivity index (χ2n) is 17.6. The second-order valence-corrected chi connectivity index (χ2v) is 17.6. The SMILES string of the molecule is CCCCCCCCCCCCCCCCCCCC(=O)OC[C@H](COC(=O)CCCCCCCCCCCCCCCC(C)C)OC(=O)CCCCCCC. The van der Waals surface area contributed by atoms with Gasteiger partial charge in [-0.25, -0.2) is 0 Å². The van der Waals surface area contributed by atoms with Gasteiger partial charge in [-0.1, -0.05) is 240 Å². The molecule has 0 saturated carbocycles. The summed E-state index contributed by atoms with van der Waals surface area (Å²) in [6, 6.07) is 0. The molecule has 0 bridgehead atoms. The van der Waals surface area contributed by atoms with E-state index >= 15 is 0 Å². The molecule has 0 amide bonds. The average Bonchev–Trinajstić information content (AvgIpc) is 3.18. The molecule has 0 aromatic carbocycles. The van der Waals surface area contributed by atoms with Crippen molar-refractivity contribution in [3.05, 3.63) is 0 Å². The fraction of sp³-hybridized carbons (Fsp3) is 0.940. The standard InChI is InChI=1S/C50H96O6/c1-5-7-9-11-12-13-14-15-16-17-18-21-24-27-30-34-37-41-48(51)54-44-47(56-50(53)43-39-32-10-8-6-2)45-55-49(52)42-38-35-31-28-25-22-19-20-23-26-29-33-36-40-46(3)4/h46-47H,5-45H2,1-4H3/t47-/m1/s1. The van der Waals surface area contributed by atoms with Crippen LogP contribution in [0.3, 0.4) is 0 Å². The van der Waals surface area contributed by atoms with Crippen LogP contribution >= 0.6 is 0 Å². The topological polar surface area (TPSA) is 78.9 Å². The van der Waals surface area contributed by atoms with E-state index in [0.29, 0.717) is 19.3 Å². The smallest absolute Gasteiger partial charge is 0.306 e. The van der Waals surface area contributed by atoms with Gasteiger partial charge in [-0.3, -0.25) is 14.4 Å². The highest BCUT2D eigenvalue weighted by Gasteiger charge is 2.19. The molecule has 332 valence electrons. The molecule has 0 N–H and O–H groups in total. The molecule has 0 spiro atoms. The molecule has 0 aromatic heterocycles. The van der Waals surface area contributed by atoms with Gasteiger partial charge < -0.3 is 14.2 Å². The molecule has 0 unspecified atom stereocenters. The van der Waals surface area contributed by atoms with Crippen LogP contribution in [-0.2, 0) is 28.6 Å². The van der Waals surface area contributed by atoms with Gasteiger partial charge in [0.15, 0.2) is 6.10 Å². The molecule has 6 heteroatoms. The minimum absolute atomic E-state index is 0.0645. The van der Waals surface area contributed by atoms with Crippen molar-refractivity contribution < 1.29 is 28.6 Å². The molecule has 0 aliphatic rings. The monoisotopic (exact) mass is 793 g/mol. The highest BCUT2D eigenvalue weighted by molar-refractivity contribution is 5.71. The Labute approximate surface area is 348 Å². The van der Waals surface area contributed by atoms with Gasteiger partial charge in [0.2, 0.25) is 0 Å². The summed E-state index contributed by atoms with van der Waals surface area (Å²) in [7, 11) is 0. The maximum Gasteiger partial charge on any atom is 0.306 e. The molecule has 0 fully saturated rings. The molecule has 6 nitrogen and oxygen atoms in total. The van der Waals surface area contributed by atoms with E-state index in [1.54, 1.807) is 0 Å². The van der Waals surface area contributed by atoms with Gasteiger partial charge in [0, 0.05) is 19.3 Å². The van der Waals surface area contributed by atoms with Crippen LogP contribution in [0, 0.1) is 5.92 Å². The minimum Gasteiger partial charge on any atom is -0.462 e. The Morgan fingerprint density at radius 3 is 0.875 bits per heavy atom. The largest absolute Gasteiger partial charge is 0.462 e. The van der Waals surface area contributed by atoms with Crippen molar-refractivity contribution in [1.29, 1.82) is 0 Å². The molecule has 56 heavy (non-hydrogen) atoms. The number of carbonyl (C=O) groups is 3. The number of unbranched alkanes of at least 4 members (excludes halogenated alkanes) is 32. The van der Waals surface area contributed by atoms with Crippen molar-refractivity contribution in [3.8, 4) is 0 Å². The summed E-state index contributed by atoms with van der Waals surface area (Å²) in [5.41, 5.74) is 0. The fourth-order valence-corrected chi connectivity index (χ4v) is 7.51. The Kier molecular flexibility index (Phi) is 43.2. The predicted octanol–water partition coefficient (Wildman–Crippen LogP) is 15.9. The Bertz CT molecular complexity index is 841. The summed E-state index contributed by atoms with van der Waals surface area (Å²) in [6.07, 6.45) is 45.5. The van der Waals surface area contributed by atoms with E-state index in [9.17, 15) is 14.4 Å². The van der Waals surface area contributed by atoms with Gasteiger partial charge in [0.1, 0.15) is 13.2 Å². The van der Waals surface area contributed by atoms with Crippen LogP contribution in [0.2, 0.25) is 0 Å². The third-order valence-corrected chi connectivity index (χ3v) is 11.3. The van der Waals surface area contributed by atoms with E-state index in [-0.39, 0.29) is 31.1 Å². The highest BCUT2D eigenvalue weighted by Crippen LogP contribution is 2.17. The van der Waals surface area contributed by atoms with Gasteiger partial charge >= 0.3 is 17.9 Å². The Balaban J connectivity index is 4.07. The first-order chi connectivity index (χ1) is 27.4. The molecule has 0 saturated heterocycles. The molecule has 1 atom stereocenters. The molecule has 0 aliphatic carbocycles. The van der Waals surface area contributed by atoms with Crippen molar-refractivity contribution in [2.45, 2.75) is 284 Å². The van der Waals surface area contributed by atoms with Crippen LogP contribution in [0.25, 0.3) is 0 Å². The summed E-state index contributed by atoms with van der Waals surface area (Å²) < 4.78 is 16.7. The molecule has 0 radical (unpaired) electrons. The first-order valence-electron chi connectivity index (χ1n) is 24.9. The Morgan fingerprint density at radius 2 is 0.589 bits per heavy atom. The zero-order valence-electron chi connectivity index (χ0n) is 38.1. The predicted molar refractivity (Wildman–Crippen MR) is 238 cm³/mol. The first-order valence-corrected chi connectivity index (χ1v) is 24.9. The Morgan fingerprint density at radius 1 is 0.339 bits per heavy atom. The summed E-state index contributed by atoms with van der Waals surface area (Å²) in [5, 5.41) is 0. The summed E-state index contributed by atoms with van der Waals surface area (Å²) in [6.45, 7) is 8.95. The van der Waals surface area contributed by atoms with Gasteiger partial charge in [0.25, 0.3) is 0 Å².